The van der Waals surface area contributed by atoms with Crippen LogP contribution in [0.4, 0.5) is 0 Å². The molecule has 0 aromatic carbocycles. The molecule has 1 unspecified atom stereocenters. The molecule has 14 heavy (non-hydrogen) atoms. The number of hydrogen-bond acceptors (Lipinski definition) is 2. The molecule has 0 aromatic heterocycles. The third kappa shape index (κ3) is 6.01. The van der Waals surface area contributed by atoms with Crippen LogP contribution in [0, 0.1) is 17.8 Å². The van der Waals surface area contributed by atoms with Gasteiger partial charge in [0.2, 0.25) is 0 Å². The smallest absolute Gasteiger partial charge is 0.0278 e. The second-order valence-corrected chi connectivity index (χ2v) is 4.47. The number of hydrogen-bond donors (Lipinski definition) is 2. The van der Waals surface area contributed by atoms with E-state index in [1.165, 1.54) is 0 Å². The normalized spacial score (nSPS) is 14.7. The molecule has 0 aromatic rings. The van der Waals surface area contributed by atoms with Gasteiger partial charge in [0.25, 0.3) is 0 Å². The van der Waals surface area contributed by atoms with Crippen LogP contribution in [0.3, 0.4) is 0 Å². The number of rotatable bonds is 6. The van der Waals surface area contributed by atoms with E-state index >= 15 is 0 Å². The van der Waals surface area contributed by atoms with Gasteiger partial charge in [0.1, 0.15) is 0 Å². The first kappa shape index (κ1) is 13.5. The average molecular weight is 196 g/mol. The quantitative estimate of drug-likeness (QED) is 0.502. The zero-order valence-electron chi connectivity index (χ0n) is 9.98. The van der Waals surface area contributed by atoms with Crippen LogP contribution in [0.5, 0.6) is 0 Å². The van der Waals surface area contributed by atoms with Gasteiger partial charge in [0, 0.05) is 25.0 Å². The highest BCUT2D eigenvalue weighted by Gasteiger charge is 2.22. The zero-order valence-corrected chi connectivity index (χ0v) is 9.98. The highest BCUT2D eigenvalue weighted by molar-refractivity contribution is 4.96. The molecule has 0 heterocycles. The molecule has 2 heteroatoms. The van der Waals surface area contributed by atoms with Crippen LogP contribution in [0.1, 0.15) is 40.5 Å². The van der Waals surface area contributed by atoms with Crippen molar-refractivity contribution in [3.63, 3.8) is 0 Å². The van der Waals surface area contributed by atoms with Gasteiger partial charge in [0.05, 0.1) is 0 Å². The number of nitrogens with one attached hydrogen (secondary N) is 1. The van der Waals surface area contributed by atoms with Crippen LogP contribution in [0.15, 0.2) is 0 Å². The van der Waals surface area contributed by atoms with E-state index in [4.69, 9.17) is 5.73 Å². The van der Waals surface area contributed by atoms with Crippen LogP contribution in [-0.2, 0) is 0 Å². The standard InChI is InChI=1S/C12H24N2/c1-5-6-7-8-14-12(4,10-13)9-11(2)3/h11,14H,7-10,13H2,1-4H3. The van der Waals surface area contributed by atoms with Crippen molar-refractivity contribution in [2.75, 3.05) is 13.1 Å². The Morgan fingerprint density at radius 2 is 2.07 bits per heavy atom. The Kier molecular flexibility index (Phi) is 6.61. The van der Waals surface area contributed by atoms with E-state index in [1.807, 2.05) is 6.92 Å². The summed E-state index contributed by atoms with van der Waals surface area (Å²) in [5.41, 5.74) is 5.84. The molecule has 0 aliphatic heterocycles. The fourth-order valence-corrected chi connectivity index (χ4v) is 1.68. The first-order valence-electron chi connectivity index (χ1n) is 5.39. The third-order valence-electron chi connectivity index (χ3n) is 2.29. The van der Waals surface area contributed by atoms with Gasteiger partial charge < -0.3 is 11.1 Å². The molecule has 1 atom stereocenters. The van der Waals surface area contributed by atoms with E-state index in [0.29, 0.717) is 12.5 Å². The predicted molar refractivity (Wildman–Crippen MR) is 63.0 cm³/mol. The molecule has 0 amide bonds. The first-order valence-corrected chi connectivity index (χ1v) is 5.39. The maximum absolute atomic E-state index is 5.77. The van der Waals surface area contributed by atoms with Crippen LogP contribution < -0.4 is 11.1 Å². The van der Waals surface area contributed by atoms with Gasteiger partial charge in [-0.15, -0.1) is 11.8 Å². The lowest BCUT2D eigenvalue weighted by atomic mass is 9.91. The van der Waals surface area contributed by atoms with Crippen molar-refractivity contribution < 1.29 is 0 Å². The predicted octanol–water partition coefficient (Wildman–Crippen LogP) is 1.75. The van der Waals surface area contributed by atoms with Crippen LogP contribution in [0.25, 0.3) is 0 Å². The van der Waals surface area contributed by atoms with Gasteiger partial charge in [-0.25, -0.2) is 0 Å². The lowest BCUT2D eigenvalue weighted by Crippen LogP contribution is -2.49. The van der Waals surface area contributed by atoms with E-state index in [1.54, 1.807) is 0 Å². The lowest BCUT2D eigenvalue weighted by molar-refractivity contribution is 0.303. The van der Waals surface area contributed by atoms with Crippen molar-refractivity contribution >= 4 is 0 Å². The largest absolute Gasteiger partial charge is 0.329 e. The Hall–Kier alpha value is -0.520. The summed E-state index contributed by atoms with van der Waals surface area (Å²) >= 11 is 0. The highest BCUT2D eigenvalue weighted by Crippen LogP contribution is 2.14. The monoisotopic (exact) mass is 196 g/mol. The van der Waals surface area contributed by atoms with Crippen molar-refractivity contribution in [1.29, 1.82) is 0 Å². The van der Waals surface area contributed by atoms with E-state index in [2.05, 4.69) is 37.9 Å². The summed E-state index contributed by atoms with van der Waals surface area (Å²) in [7, 11) is 0. The van der Waals surface area contributed by atoms with Gasteiger partial charge in [0.15, 0.2) is 0 Å². The summed E-state index contributed by atoms with van der Waals surface area (Å²) in [4.78, 5) is 0. The minimum atomic E-state index is 0.0730. The molecule has 0 saturated carbocycles. The average Bonchev–Trinajstić information content (AvgIpc) is 2.11. The topological polar surface area (TPSA) is 38.0 Å². The second-order valence-electron chi connectivity index (χ2n) is 4.47. The molecule has 0 aliphatic carbocycles. The lowest BCUT2D eigenvalue weighted by Gasteiger charge is -2.31. The van der Waals surface area contributed by atoms with Crippen molar-refractivity contribution in [3.05, 3.63) is 0 Å². The summed E-state index contributed by atoms with van der Waals surface area (Å²) in [6, 6.07) is 0. The van der Waals surface area contributed by atoms with Crippen LogP contribution in [0.2, 0.25) is 0 Å². The minimum absolute atomic E-state index is 0.0730. The zero-order chi connectivity index (χ0) is 11.0. The molecule has 0 fully saturated rings. The molecular weight excluding hydrogens is 172 g/mol. The van der Waals surface area contributed by atoms with Crippen molar-refractivity contribution in [3.8, 4) is 11.8 Å². The summed E-state index contributed by atoms with van der Waals surface area (Å²) < 4.78 is 0. The first-order chi connectivity index (χ1) is 6.54. The fraction of sp³-hybridized carbons (Fsp3) is 0.833. The molecule has 0 rings (SSSR count). The Balaban J connectivity index is 3.90. The molecule has 82 valence electrons. The number of nitrogens with two attached hydrogens (primary N) is 1. The Bertz CT molecular complexity index is 200. The third-order valence-corrected chi connectivity index (χ3v) is 2.29. The van der Waals surface area contributed by atoms with Crippen LogP contribution in [-0.4, -0.2) is 18.6 Å². The fourth-order valence-electron chi connectivity index (χ4n) is 1.68. The molecule has 0 aliphatic rings. The highest BCUT2D eigenvalue weighted by atomic mass is 15.0. The molecule has 0 spiro atoms. The van der Waals surface area contributed by atoms with E-state index in [-0.39, 0.29) is 5.54 Å². The van der Waals surface area contributed by atoms with Crippen molar-refractivity contribution in [2.24, 2.45) is 11.7 Å². The molecule has 0 bridgehead atoms. The second kappa shape index (κ2) is 6.86. The van der Waals surface area contributed by atoms with E-state index in [0.717, 1.165) is 19.4 Å². The van der Waals surface area contributed by atoms with E-state index < -0.39 is 0 Å². The summed E-state index contributed by atoms with van der Waals surface area (Å²) in [5, 5.41) is 3.48. The Morgan fingerprint density at radius 3 is 2.50 bits per heavy atom. The van der Waals surface area contributed by atoms with Crippen molar-refractivity contribution in [2.45, 2.75) is 46.1 Å². The van der Waals surface area contributed by atoms with Gasteiger partial charge in [-0.2, -0.15) is 0 Å². The molecule has 3 N–H and O–H groups in total. The summed E-state index contributed by atoms with van der Waals surface area (Å²) in [6.45, 7) is 10.1. The Labute approximate surface area is 88.6 Å². The minimum Gasteiger partial charge on any atom is -0.329 e. The van der Waals surface area contributed by atoms with Gasteiger partial charge in [-0.3, -0.25) is 0 Å². The van der Waals surface area contributed by atoms with Gasteiger partial charge >= 0.3 is 0 Å². The molecule has 2 nitrogen and oxygen atoms in total. The molecular formula is C12H24N2. The van der Waals surface area contributed by atoms with Crippen molar-refractivity contribution in [1.82, 2.24) is 5.32 Å². The molecule has 0 radical (unpaired) electrons. The summed E-state index contributed by atoms with van der Waals surface area (Å²) in [6.07, 6.45) is 2.02. The SMILES string of the molecule is CC#CCCNC(C)(CN)CC(C)C. The van der Waals surface area contributed by atoms with Gasteiger partial charge in [-0.05, 0) is 26.2 Å². The summed E-state index contributed by atoms with van der Waals surface area (Å²) in [5.74, 6) is 6.61. The van der Waals surface area contributed by atoms with Gasteiger partial charge in [-0.1, -0.05) is 13.8 Å². The molecule has 0 saturated heterocycles. The Morgan fingerprint density at radius 1 is 1.43 bits per heavy atom. The van der Waals surface area contributed by atoms with Crippen LogP contribution >= 0.6 is 0 Å². The maximum atomic E-state index is 5.77. The maximum Gasteiger partial charge on any atom is 0.0278 e. The van der Waals surface area contributed by atoms with E-state index in [9.17, 15) is 0 Å².